The maximum atomic E-state index is 13.7. The summed E-state index contributed by atoms with van der Waals surface area (Å²) >= 11 is 0. The highest BCUT2D eigenvalue weighted by Gasteiger charge is 2.16. The smallest absolute Gasteiger partial charge is 0.257 e. The summed E-state index contributed by atoms with van der Waals surface area (Å²) in [7, 11) is 1.43. The van der Waals surface area contributed by atoms with Gasteiger partial charge in [0.15, 0.2) is 5.84 Å². The molecular weight excluding hydrogens is 476 g/mol. The summed E-state index contributed by atoms with van der Waals surface area (Å²) in [6.45, 7) is 4.46. The number of hydrogen-bond acceptors (Lipinski definition) is 5. The van der Waals surface area contributed by atoms with E-state index in [0.29, 0.717) is 25.2 Å². The van der Waals surface area contributed by atoms with Crippen molar-refractivity contribution in [1.29, 1.82) is 0 Å². The molecule has 0 bridgehead atoms. The zero-order chi connectivity index (χ0) is 26.9. The van der Waals surface area contributed by atoms with Crippen LogP contribution in [0.5, 0.6) is 0 Å². The van der Waals surface area contributed by atoms with Gasteiger partial charge in [-0.1, -0.05) is 90.9 Å². The summed E-state index contributed by atoms with van der Waals surface area (Å²) in [5.74, 6) is 1.14. The van der Waals surface area contributed by atoms with Gasteiger partial charge in [-0.2, -0.15) is 0 Å². The molecule has 0 saturated heterocycles. The van der Waals surface area contributed by atoms with Crippen LogP contribution in [0.25, 0.3) is 11.1 Å². The molecule has 0 unspecified atom stereocenters. The van der Waals surface area contributed by atoms with Crippen LogP contribution >= 0.6 is 0 Å². The van der Waals surface area contributed by atoms with E-state index in [9.17, 15) is 9.59 Å². The van der Waals surface area contributed by atoms with E-state index in [0.717, 1.165) is 57.7 Å². The maximum Gasteiger partial charge on any atom is 0.257 e. The summed E-state index contributed by atoms with van der Waals surface area (Å²) in [5.41, 5.74) is 6.22. The fourth-order valence-electron chi connectivity index (χ4n) is 4.55. The minimum atomic E-state index is 0.0135. The third-order valence-electron chi connectivity index (χ3n) is 6.41. The van der Waals surface area contributed by atoms with Gasteiger partial charge in [-0.05, 0) is 35.6 Å². The first-order chi connectivity index (χ1) is 18.5. The molecule has 4 aromatic rings. The van der Waals surface area contributed by atoms with Gasteiger partial charge in [-0.25, -0.2) is 4.98 Å². The Balaban J connectivity index is 1.68. The lowest BCUT2D eigenvalue weighted by Crippen LogP contribution is -2.30. The predicted molar refractivity (Wildman–Crippen MR) is 150 cm³/mol. The van der Waals surface area contributed by atoms with Crippen LogP contribution in [0.2, 0.25) is 0 Å². The predicted octanol–water partition coefficient (Wildman–Crippen LogP) is 4.86. The van der Waals surface area contributed by atoms with Gasteiger partial charge in [0.1, 0.15) is 12.9 Å². The number of aryl methyl sites for hydroxylation is 2. The van der Waals surface area contributed by atoms with Gasteiger partial charge < -0.3 is 10.2 Å². The number of aromatic nitrogens is 2. The summed E-state index contributed by atoms with van der Waals surface area (Å²) in [5, 5.41) is 6.56. The molecule has 0 spiro atoms. The number of amidine groups is 1. The number of carbonyl (C=O) groups excluding carboxylic acids is 1. The van der Waals surface area contributed by atoms with Gasteiger partial charge in [-0.15, -0.1) is 0 Å². The van der Waals surface area contributed by atoms with Crippen molar-refractivity contribution in [3.8, 4) is 11.1 Å². The number of nitrogens with one attached hydrogen (secondary N) is 1. The Labute approximate surface area is 222 Å². The van der Waals surface area contributed by atoms with E-state index in [1.54, 1.807) is 0 Å². The Hall–Kier alpha value is -4.52. The van der Waals surface area contributed by atoms with Crippen LogP contribution in [0, 0.1) is 6.92 Å². The molecule has 38 heavy (non-hydrogen) atoms. The Bertz CT molecular complexity index is 1480. The second kappa shape index (κ2) is 12.6. The number of hydrogen-bond donors (Lipinski definition) is 1. The van der Waals surface area contributed by atoms with E-state index in [-0.39, 0.29) is 5.56 Å². The highest BCUT2D eigenvalue weighted by molar-refractivity contribution is 6.08. The average molecular weight is 509 g/mol. The molecule has 0 atom stereocenters. The molecule has 0 aliphatic heterocycles. The topological polar surface area (TPSA) is 85.6 Å². The third-order valence-corrected chi connectivity index (χ3v) is 6.41. The maximum absolute atomic E-state index is 13.7. The molecule has 1 heterocycles. The number of rotatable bonds is 10. The molecule has 1 N–H and O–H groups in total. The summed E-state index contributed by atoms with van der Waals surface area (Å²) in [6, 6.07) is 25.7. The molecule has 0 aliphatic rings. The van der Waals surface area contributed by atoms with Crippen LogP contribution in [0.4, 0.5) is 0 Å². The van der Waals surface area contributed by atoms with Crippen LogP contribution in [0.3, 0.4) is 0 Å². The molecule has 0 radical (unpaired) electrons. The first-order valence-electron chi connectivity index (χ1n) is 12.7. The van der Waals surface area contributed by atoms with Crippen LogP contribution in [0.1, 0.15) is 47.1 Å². The van der Waals surface area contributed by atoms with Crippen LogP contribution in [0.15, 0.2) is 88.8 Å². The molecule has 1 amide bonds. The molecule has 194 valence electrons. The Morgan fingerprint density at radius 3 is 2.39 bits per heavy atom. The molecule has 7 heteroatoms. The highest BCUT2D eigenvalue weighted by Crippen LogP contribution is 2.25. The fourth-order valence-corrected chi connectivity index (χ4v) is 4.55. The summed E-state index contributed by atoms with van der Waals surface area (Å²) in [6.07, 6.45) is 2.77. The number of amides is 1. The summed E-state index contributed by atoms with van der Waals surface area (Å²) in [4.78, 5) is 34.5. The average Bonchev–Trinajstić information content (AvgIpc) is 2.94. The Kier molecular flexibility index (Phi) is 8.82. The molecule has 0 fully saturated rings. The Morgan fingerprint density at radius 1 is 1.00 bits per heavy atom. The first kappa shape index (κ1) is 26.5. The first-order valence-corrected chi connectivity index (χ1v) is 12.7. The van der Waals surface area contributed by atoms with Gasteiger partial charge in [0, 0.05) is 29.7 Å². The molecular formula is C31H32N4O3. The van der Waals surface area contributed by atoms with Crippen molar-refractivity contribution in [3.63, 3.8) is 0 Å². The molecule has 1 aromatic heterocycles. The number of oxime groups is 1. The lowest BCUT2D eigenvalue weighted by molar-refractivity contribution is -0.108. The van der Waals surface area contributed by atoms with Crippen molar-refractivity contribution in [1.82, 2.24) is 14.9 Å². The zero-order valence-electron chi connectivity index (χ0n) is 22.0. The van der Waals surface area contributed by atoms with Crippen LogP contribution in [-0.2, 0) is 29.0 Å². The van der Waals surface area contributed by atoms with E-state index < -0.39 is 0 Å². The van der Waals surface area contributed by atoms with E-state index in [1.807, 2.05) is 90.4 Å². The second-order valence-electron chi connectivity index (χ2n) is 9.02. The monoisotopic (exact) mass is 508 g/mol. The van der Waals surface area contributed by atoms with Crippen molar-refractivity contribution < 1.29 is 9.63 Å². The van der Waals surface area contributed by atoms with Crippen molar-refractivity contribution in [2.24, 2.45) is 5.16 Å². The van der Waals surface area contributed by atoms with Crippen molar-refractivity contribution >= 4 is 12.2 Å². The normalized spacial score (nSPS) is 11.3. The number of nitrogens with zero attached hydrogens (tertiary/aromatic N) is 3. The molecule has 3 aromatic carbocycles. The van der Waals surface area contributed by atoms with Gasteiger partial charge in [0.05, 0.1) is 6.54 Å². The van der Waals surface area contributed by atoms with Crippen molar-refractivity contribution in [3.05, 3.63) is 123 Å². The molecule has 0 saturated carbocycles. The number of carbonyl (C=O) groups is 1. The minimum absolute atomic E-state index is 0.0135. The summed E-state index contributed by atoms with van der Waals surface area (Å²) < 4.78 is 1.81. The van der Waals surface area contributed by atoms with Gasteiger partial charge in [-0.3, -0.25) is 14.2 Å². The number of benzene rings is 3. The standard InChI is InChI=1S/C31H32N4O3/c1-4-10-29-33-22(2)28(19-23-11-6-5-7-12-23)31(37)35(29)20-24-15-17-25(18-16-24)26-13-8-9-14-27(26)30(32-21-36)34-38-3/h5-9,11-18,21H,4,10,19-20H2,1-3H3,(H,32,34,36). The third kappa shape index (κ3) is 6.06. The van der Waals surface area contributed by atoms with Gasteiger partial charge in [0.25, 0.3) is 5.56 Å². The fraction of sp³-hybridized carbons (Fsp3) is 0.226. The SMILES string of the molecule is CCCc1nc(C)c(Cc2ccccc2)c(=O)n1Cc1ccc(-c2ccccc2/C(=N/OC)NC=O)cc1. The second-order valence-corrected chi connectivity index (χ2v) is 9.02. The lowest BCUT2D eigenvalue weighted by Gasteiger charge is -2.16. The quantitative estimate of drug-likeness (QED) is 0.143. The molecule has 4 rings (SSSR count). The van der Waals surface area contributed by atoms with E-state index in [2.05, 4.69) is 17.4 Å². The van der Waals surface area contributed by atoms with Crippen LogP contribution < -0.4 is 10.9 Å². The van der Waals surface area contributed by atoms with Gasteiger partial charge in [0.2, 0.25) is 6.41 Å². The minimum Gasteiger partial charge on any atom is -0.397 e. The Morgan fingerprint density at radius 2 is 1.71 bits per heavy atom. The largest absolute Gasteiger partial charge is 0.397 e. The van der Waals surface area contributed by atoms with E-state index in [4.69, 9.17) is 9.82 Å². The van der Waals surface area contributed by atoms with Crippen molar-refractivity contribution in [2.75, 3.05) is 7.11 Å². The lowest BCUT2D eigenvalue weighted by atomic mass is 9.98. The molecule has 0 aliphatic carbocycles. The van der Waals surface area contributed by atoms with Crippen molar-refractivity contribution in [2.45, 2.75) is 39.7 Å². The highest BCUT2D eigenvalue weighted by atomic mass is 16.6. The van der Waals surface area contributed by atoms with Gasteiger partial charge >= 0.3 is 0 Å². The van der Waals surface area contributed by atoms with Crippen LogP contribution in [-0.4, -0.2) is 28.9 Å². The van der Waals surface area contributed by atoms with E-state index >= 15 is 0 Å². The molecule has 7 nitrogen and oxygen atoms in total. The zero-order valence-corrected chi connectivity index (χ0v) is 22.0. The van der Waals surface area contributed by atoms with E-state index in [1.165, 1.54) is 7.11 Å².